The molecule has 0 amide bonds. The van der Waals surface area contributed by atoms with Crippen LogP contribution in [0.2, 0.25) is 0 Å². The van der Waals surface area contributed by atoms with Crippen LogP contribution < -0.4 is 4.90 Å². The monoisotopic (exact) mass is 395 g/mol. The quantitative estimate of drug-likeness (QED) is 0.672. The van der Waals surface area contributed by atoms with E-state index in [0.717, 1.165) is 44.9 Å². The van der Waals surface area contributed by atoms with Gasteiger partial charge >= 0.3 is 0 Å². The van der Waals surface area contributed by atoms with Gasteiger partial charge in [0.1, 0.15) is 11.5 Å². The Morgan fingerprint density at radius 1 is 1.11 bits per heavy atom. The van der Waals surface area contributed by atoms with E-state index in [1.54, 1.807) is 0 Å². The lowest BCUT2D eigenvalue weighted by Gasteiger charge is -2.38. The van der Waals surface area contributed by atoms with E-state index in [9.17, 15) is 0 Å². The molecule has 1 atom stereocenters. The minimum atomic E-state index is 0.348. The van der Waals surface area contributed by atoms with Gasteiger partial charge in [-0.05, 0) is 56.0 Å². The van der Waals surface area contributed by atoms with Crippen LogP contribution in [0.3, 0.4) is 0 Å². The van der Waals surface area contributed by atoms with Crippen LogP contribution in [0, 0.1) is 6.92 Å². The first kappa shape index (κ1) is 18.2. The van der Waals surface area contributed by atoms with Crippen molar-refractivity contribution in [2.45, 2.75) is 32.4 Å². The van der Waals surface area contributed by atoms with Crippen LogP contribution in [0.4, 0.5) is 5.82 Å². The summed E-state index contributed by atoms with van der Waals surface area (Å²) in [5, 5.41) is 2.21. The molecule has 2 saturated heterocycles. The van der Waals surface area contributed by atoms with Crippen molar-refractivity contribution in [3.05, 3.63) is 52.0 Å². The molecule has 0 saturated carbocycles. The number of likely N-dealkylation sites (N-methyl/N-ethyl adjacent to an activating group) is 1. The average molecular weight is 396 g/mol. The molecule has 0 N–H and O–H groups in total. The van der Waals surface area contributed by atoms with Crippen LogP contribution >= 0.6 is 11.3 Å². The van der Waals surface area contributed by atoms with Crippen LogP contribution in [0.5, 0.6) is 0 Å². The number of aromatic nitrogens is 2. The lowest BCUT2D eigenvalue weighted by atomic mass is 10.1. The molecule has 0 unspecified atom stereocenters. The predicted molar refractivity (Wildman–Crippen MR) is 116 cm³/mol. The summed E-state index contributed by atoms with van der Waals surface area (Å²) in [6.45, 7) is 8.84. The molecule has 5 rings (SSSR count). The Hall–Kier alpha value is -1.89. The molecule has 2 fully saturated rings. The average Bonchev–Trinajstić information content (AvgIpc) is 3.44. The molecular weight excluding hydrogens is 366 g/mol. The van der Waals surface area contributed by atoms with Gasteiger partial charge in [0.25, 0.3) is 0 Å². The van der Waals surface area contributed by atoms with Crippen LogP contribution in [-0.2, 0) is 6.54 Å². The SMILES string of the molecule is Cc1ccsc1CN1CCN(C)[C@H](c2cn3c(N4CCCC4)cccc3n2)C1. The number of anilines is 1. The normalized spacial score (nSPS) is 21.8. The lowest BCUT2D eigenvalue weighted by molar-refractivity contribution is 0.0891. The Morgan fingerprint density at radius 3 is 2.75 bits per heavy atom. The summed E-state index contributed by atoms with van der Waals surface area (Å²) in [7, 11) is 2.24. The van der Waals surface area contributed by atoms with Gasteiger partial charge in [-0.15, -0.1) is 11.3 Å². The van der Waals surface area contributed by atoms with Gasteiger partial charge in [-0.2, -0.15) is 0 Å². The first-order chi connectivity index (χ1) is 13.7. The van der Waals surface area contributed by atoms with Gasteiger partial charge in [0.15, 0.2) is 0 Å². The molecule has 5 heterocycles. The summed E-state index contributed by atoms with van der Waals surface area (Å²) in [5.41, 5.74) is 3.68. The van der Waals surface area contributed by atoms with Gasteiger partial charge in [0.2, 0.25) is 0 Å². The molecule has 0 radical (unpaired) electrons. The summed E-state index contributed by atoms with van der Waals surface area (Å²) >= 11 is 1.88. The van der Waals surface area contributed by atoms with E-state index in [1.807, 2.05) is 11.3 Å². The van der Waals surface area contributed by atoms with Crippen LogP contribution in [0.1, 0.15) is 35.0 Å². The Bertz CT molecular complexity index is 955. The van der Waals surface area contributed by atoms with Crippen LogP contribution in [0.15, 0.2) is 35.8 Å². The molecule has 0 spiro atoms. The molecule has 2 aliphatic heterocycles. The molecule has 5 nitrogen and oxygen atoms in total. The molecule has 3 aromatic heterocycles. The summed E-state index contributed by atoms with van der Waals surface area (Å²) in [6, 6.07) is 9.10. The van der Waals surface area contributed by atoms with E-state index in [1.165, 1.54) is 34.8 Å². The molecule has 3 aromatic rings. The Labute approximate surface area is 171 Å². The molecule has 6 heteroatoms. The van der Waals surface area contributed by atoms with E-state index in [0.29, 0.717) is 6.04 Å². The first-order valence-electron chi connectivity index (χ1n) is 10.4. The van der Waals surface area contributed by atoms with E-state index < -0.39 is 0 Å². The van der Waals surface area contributed by atoms with Gasteiger partial charge < -0.3 is 4.90 Å². The van der Waals surface area contributed by atoms with Crippen molar-refractivity contribution in [2.24, 2.45) is 0 Å². The zero-order valence-electron chi connectivity index (χ0n) is 16.8. The molecule has 0 aromatic carbocycles. The van der Waals surface area contributed by atoms with Crippen molar-refractivity contribution in [3.8, 4) is 0 Å². The number of imidazole rings is 1. The summed E-state index contributed by atoms with van der Waals surface area (Å²) < 4.78 is 2.30. The minimum absolute atomic E-state index is 0.348. The highest BCUT2D eigenvalue weighted by Gasteiger charge is 2.28. The molecule has 0 bridgehead atoms. The number of piperazine rings is 1. The van der Waals surface area contributed by atoms with E-state index in [-0.39, 0.29) is 0 Å². The number of nitrogens with zero attached hydrogens (tertiary/aromatic N) is 5. The number of rotatable bonds is 4. The van der Waals surface area contributed by atoms with Gasteiger partial charge in [-0.3, -0.25) is 14.2 Å². The van der Waals surface area contributed by atoms with E-state index in [2.05, 4.69) is 68.9 Å². The highest BCUT2D eigenvalue weighted by molar-refractivity contribution is 7.10. The van der Waals surface area contributed by atoms with E-state index >= 15 is 0 Å². The Balaban J connectivity index is 1.41. The molecular formula is C22H29N5S. The third-order valence-electron chi connectivity index (χ3n) is 6.33. The van der Waals surface area contributed by atoms with Crippen LogP contribution in [0.25, 0.3) is 5.65 Å². The lowest BCUT2D eigenvalue weighted by Crippen LogP contribution is -2.46. The fourth-order valence-corrected chi connectivity index (χ4v) is 5.49. The number of aryl methyl sites for hydroxylation is 1. The Morgan fingerprint density at radius 2 is 1.96 bits per heavy atom. The largest absolute Gasteiger partial charge is 0.358 e. The maximum Gasteiger partial charge on any atom is 0.138 e. The predicted octanol–water partition coefficient (Wildman–Crippen LogP) is 3.79. The Kier molecular flexibility index (Phi) is 4.87. The van der Waals surface area contributed by atoms with Gasteiger partial charge in [-0.25, -0.2) is 4.98 Å². The maximum absolute atomic E-state index is 5.04. The molecule has 148 valence electrons. The first-order valence-corrected chi connectivity index (χ1v) is 11.3. The van der Waals surface area contributed by atoms with Crippen molar-refractivity contribution >= 4 is 22.8 Å². The summed E-state index contributed by atoms with van der Waals surface area (Å²) in [5.74, 6) is 1.29. The van der Waals surface area contributed by atoms with Crippen molar-refractivity contribution in [1.29, 1.82) is 0 Å². The van der Waals surface area contributed by atoms with Crippen molar-refractivity contribution < 1.29 is 0 Å². The molecule has 0 aliphatic carbocycles. The fraction of sp³-hybridized carbons (Fsp3) is 0.500. The van der Waals surface area contributed by atoms with Crippen molar-refractivity contribution in [1.82, 2.24) is 19.2 Å². The van der Waals surface area contributed by atoms with Crippen molar-refractivity contribution in [3.63, 3.8) is 0 Å². The van der Waals surface area contributed by atoms with Crippen LogP contribution in [-0.4, -0.2) is 59.0 Å². The molecule has 28 heavy (non-hydrogen) atoms. The number of fused-ring (bicyclic) bond motifs is 1. The number of thiophene rings is 1. The van der Waals surface area contributed by atoms with E-state index in [4.69, 9.17) is 4.98 Å². The second-order valence-corrected chi connectivity index (χ2v) is 9.23. The number of hydrogen-bond donors (Lipinski definition) is 0. The number of pyridine rings is 1. The minimum Gasteiger partial charge on any atom is -0.358 e. The highest BCUT2D eigenvalue weighted by atomic mass is 32.1. The summed E-state index contributed by atoms with van der Waals surface area (Å²) in [6.07, 6.45) is 4.87. The van der Waals surface area contributed by atoms with Gasteiger partial charge in [0, 0.05) is 50.3 Å². The summed E-state index contributed by atoms with van der Waals surface area (Å²) in [4.78, 5) is 14.1. The standard InChI is InChI=1S/C22H29N5S/c1-17-8-13-28-20(17)16-25-12-11-24(2)19(15-25)18-14-27-21(23-18)6-5-7-22(27)26-9-3-4-10-26/h5-8,13-14,19H,3-4,9-12,15-16H2,1-2H3/t19-/m0/s1. The third kappa shape index (κ3) is 3.34. The second-order valence-electron chi connectivity index (χ2n) is 8.23. The molecule has 2 aliphatic rings. The number of hydrogen-bond acceptors (Lipinski definition) is 5. The zero-order chi connectivity index (χ0) is 19.1. The van der Waals surface area contributed by atoms with Crippen molar-refractivity contribution in [2.75, 3.05) is 44.7 Å². The van der Waals surface area contributed by atoms with Gasteiger partial charge in [-0.1, -0.05) is 6.07 Å². The third-order valence-corrected chi connectivity index (χ3v) is 7.34. The maximum atomic E-state index is 5.04. The zero-order valence-corrected chi connectivity index (χ0v) is 17.7. The smallest absolute Gasteiger partial charge is 0.138 e. The fourth-order valence-electron chi connectivity index (χ4n) is 4.54. The van der Waals surface area contributed by atoms with Gasteiger partial charge in [0.05, 0.1) is 11.7 Å². The topological polar surface area (TPSA) is 27.0 Å². The highest BCUT2D eigenvalue weighted by Crippen LogP contribution is 2.29. The second kappa shape index (κ2) is 7.50.